The number of aromatic nitrogens is 12. The van der Waals surface area contributed by atoms with Gasteiger partial charge < -0.3 is 63.4 Å². The van der Waals surface area contributed by atoms with Gasteiger partial charge in [-0.05, 0) is 164 Å². The number of hydrogen-bond acceptors (Lipinski definition) is 21. The lowest BCUT2D eigenvalue weighted by atomic mass is 9.78. The van der Waals surface area contributed by atoms with E-state index in [1.54, 1.807) is 0 Å². The Labute approximate surface area is 811 Å². The zero-order chi connectivity index (χ0) is 96.3. The summed E-state index contributed by atoms with van der Waals surface area (Å²) < 4.78 is 90.6. The average Bonchev–Trinajstić information content (AvgIpc) is 1.39. The Morgan fingerprint density at radius 2 is 0.564 bits per heavy atom. The highest BCUT2D eigenvalue weighted by molar-refractivity contribution is 14.1. The Morgan fingerprint density at radius 3 is 0.797 bits per heavy atom. The topological polar surface area (TPSA) is 298 Å². The van der Waals surface area contributed by atoms with Crippen LogP contribution < -0.4 is 37.9 Å². The number of rotatable bonds is 48. The third-order valence-corrected chi connectivity index (χ3v) is 25.2. The van der Waals surface area contributed by atoms with E-state index in [2.05, 4.69) is 195 Å². The maximum absolute atomic E-state index is 12.5. The zero-order valence-corrected chi connectivity index (χ0v) is 82.5. The van der Waals surface area contributed by atoms with Crippen LogP contribution in [0.5, 0.6) is 46.0 Å². The number of ether oxygens (including phenoxy) is 8. The monoisotopic (exact) mass is 2020 g/mol. The van der Waals surface area contributed by atoms with Gasteiger partial charge in [0.05, 0.1) is 93.3 Å². The Morgan fingerprint density at radius 1 is 0.331 bits per heavy atom. The van der Waals surface area contributed by atoms with Crippen molar-refractivity contribution in [1.29, 1.82) is 0 Å². The third kappa shape index (κ3) is 33.3. The van der Waals surface area contributed by atoms with Crippen LogP contribution in [0, 0.1) is 27.2 Å². The van der Waals surface area contributed by atoms with E-state index in [0.29, 0.717) is 102 Å². The molecule has 133 heavy (non-hydrogen) atoms. The Bertz CT molecular complexity index is 4970. The second-order valence-electron chi connectivity index (χ2n) is 35.2. The van der Waals surface area contributed by atoms with Crippen molar-refractivity contribution in [3.8, 4) is 46.0 Å². The van der Waals surface area contributed by atoms with Gasteiger partial charge in [-0.2, -0.15) is 0 Å². The van der Waals surface area contributed by atoms with E-state index >= 15 is 0 Å². The van der Waals surface area contributed by atoms with Crippen LogP contribution >= 0.6 is 69.0 Å². The van der Waals surface area contributed by atoms with Crippen LogP contribution in [0.4, 0.5) is 13.2 Å². The summed E-state index contributed by atoms with van der Waals surface area (Å²) >= 11 is 25.7. The van der Waals surface area contributed by atoms with Gasteiger partial charge in [0.2, 0.25) is 0 Å². The molecule has 0 amide bonds. The molecule has 0 spiro atoms. The molecule has 4 aromatic heterocycles. The SMILES string of the molecule is CC(CCl)COc1ccc(C(C)(C)c2ccc(OCC(O)Cn3cc(C[18F])nn3)cc2)cc1.C[C@@H](CCl)COc1ccc(C(C)(C)c2ccc(OC[C@@H](O)Cn3cc(C[18F])nn3)cc2)cc1.C[C@H](CCl)COc1ccc(C(C)(C)c2ccc(OC[C@@H](O)Cn3nncc3CO)cc2)cc1[123I].C[C@H](CCl)COc1ccc(C(C)(C)c2ccc(OC[C@H](O)Cn3cc(C[18F])nn3)cc2)cc1. The first-order chi connectivity index (χ1) is 63.7. The zero-order valence-electron chi connectivity index (χ0n) is 77.4. The van der Waals surface area contributed by atoms with Crippen molar-refractivity contribution >= 4 is 69.0 Å². The summed E-state index contributed by atoms with van der Waals surface area (Å²) in [4.78, 5) is 0. The van der Waals surface area contributed by atoms with Gasteiger partial charge in [-0.1, -0.05) is 195 Å². The molecule has 0 aliphatic heterocycles. The van der Waals surface area contributed by atoms with E-state index in [0.717, 1.165) is 48.8 Å². The van der Waals surface area contributed by atoms with Crippen molar-refractivity contribution in [3.63, 3.8) is 0 Å². The molecular weight excluding hydrogens is 1900 g/mol. The summed E-state index contributed by atoms with van der Waals surface area (Å²) in [6, 6.07) is 62.2. The fourth-order valence-electron chi connectivity index (χ4n) is 13.4. The third-order valence-electron chi connectivity index (χ3n) is 22.2. The molecule has 33 heteroatoms. The molecule has 5 N–H and O–H groups in total. The molecule has 0 saturated carbocycles. The van der Waals surface area contributed by atoms with Crippen molar-refractivity contribution in [2.75, 3.05) is 76.4 Å². The van der Waals surface area contributed by atoms with Gasteiger partial charge in [0.25, 0.3) is 0 Å². The molecule has 8 aromatic carbocycles. The van der Waals surface area contributed by atoms with Crippen molar-refractivity contribution in [2.24, 2.45) is 23.7 Å². The van der Waals surface area contributed by atoms with Gasteiger partial charge in [0, 0.05) is 68.9 Å². The molecule has 25 nitrogen and oxygen atoms in total. The molecule has 2 unspecified atom stereocenters. The number of benzene rings is 8. The Hall–Kier alpha value is -9.80. The average molecular weight is 2020 g/mol. The first kappa shape index (κ1) is 107. The summed E-state index contributed by atoms with van der Waals surface area (Å²) in [6.45, 7) is 26.9. The molecule has 0 fully saturated rings. The molecule has 0 saturated heterocycles. The summed E-state index contributed by atoms with van der Waals surface area (Å²) in [7, 11) is 0. The molecule has 4 heterocycles. The standard InChI is InChI=1S/3C25H31ClFN3O3.C25H31ClIN3O4/c3*1-18(12-26)16-32-23-8-4-19(5-9-23)25(2,3)20-6-10-24(11-7-20)33-17-22(31)15-30-14-21(13-27)28-29-30;1-17(11-26)15-34-24-9-6-19(10-23(24)27)25(2,3)18-4-7-22(8-5-18)33-16-21(32)13-30-20(14-31)12-28-29-30/h3*4-11,14,18,22,31H,12-13,15-17H2,1-3H3;4-10,12,17,21,31-32H,11,13-16H2,1-3H3/t2*18-,22-;;17-,21+/m10.1/s1/i3*27-1;27-4. The van der Waals surface area contributed by atoms with Crippen LogP contribution in [-0.2, 0) is 74.5 Å². The highest BCUT2D eigenvalue weighted by Gasteiger charge is 2.29. The highest BCUT2D eigenvalue weighted by Crippen LogP contribution is 2.39. The highest BCUT2D eigenvalue weighted by atomic mass is 123. The normalized spacial score (nSPS) is 13.5. The van der Waals surface area contributed by atoms with Gasteiger partial charge in [-0.3, -0.25) is 0 Å². The minimum atomic E-state index is -0.788. The molecule has 0 radical (unpaired) electrons. The van der Waals surface area contributed by atoms with E-state index < -0.39 is 44.4 Å². The predicted molar refractivity (Wildman–Crippen MR) is 521 cm³/mol. The molecule has 0 bridgehead atoms. The first-order valence-electron chi connectivity index (χ1n) is 44.0. The Balaban J connectivity index is 0.000000199. The summed E-state index contributed by atoms with van der Waals surface area (Å²) in [5.41, 5.74) is 9.70. The van der Waals surface area contributed by atoms with E-state index in [1.165, 1.54) is 65.8 Å². The van der Waals surface area contributed by atoms with E-state index in [1.807, 2.05) is 140 Å². The smallest absolute Gasteiger partial charge is 0.135 e. The number of aliphatic hydroxyl groups excluding tert-OH is 5. The number of nitrogens with zero attached hydrogens (tertiary/aromatic N) is 12. The van der Waals surface area contributed by atoms with Crippen LogP contribution in [0.15, 0.2) is 213 Å². The number of alkyl halides is 7. The Kier molecular flexibility index (Phi) is 42.5. The second-order valence-corrected chi connectivity index (χ2v) is 37.6. The second kappa shape index (κ2) is 52.9. The number of halogens is 8. The fraction of sp³-hybridized carbons (Fsp3) is 0.440. The predicted octanol–water partition coefficient (Wildman–Crippen LogP) is 18.7. The van der Waals surface area contributed by atoms with Gasteiger partial charge >= 0.3 is 0 Å². The number of hydrogen-bond donors (Lipinski definition) is 5. The van der Waals surface area contributed by atoms with Crippen LogP contribution in [-0.4, -0.2) is 186 Å². The first-order valence-corrected chi connectivity index (χ1v) is 47.3. The van der Waals surface area contributed by atoms with E-state index in [-0.39, 0.29) is 98.0 Å². The van der Waals surface area contributed by atoms with E-state index in [4.69, 9.17) is 84.3 Å². The summed E-state index contributed by atoms with van der Waals surface area (Å²) in [5, 5.41) is 79.9. The van der Waals surface area contributed by atoms with Crippen molar-refractivity contribution in [2.45, 2.75) is 182 Å². The minimum absolute atomic E-state index is 0.0946. The minimum Gasteiger partial charge on any atom is -0.493 e. The van der Waals surface area contributed by atoms with Crippen molar-refractivity contribution in [1.82, 2.24) is 60.0 Å². The molecule has 718 valence electrons. The lowest BCUT2D eigenvalue weighted by Crippen LogP contribution is -2.25. The van der Waals surface area contributed by atoms with Crippen molar-refractivity contribution in [3.05, 3.63) is 284 Å². The molecule has 12 aromatic rings. The van der Waals surface area contributed by atoms with Gasteiger partial charge in [-0.15, -0.1) is 66.8 Å². The van der Waals surface area contributed by atoms with Gasteiger partial charge in [-0.25, -0.2) is 31.9 Å². The van der Waals surface area contributed by atoms with Crippen LogP contribution in [0.25, 0.3) is 0 Å². The van der Waals surface area contributed by atoms with E-state index in [9.17, 15) is 38.7 Å². The molecule has 8 atom stereocenters. The molecular formula is C100H124Cl4F3IN12O13. The maximum Gasteiger partial charge on any atom is 0.135 e. The summed E-state index contributed by atoms with van der Waals surface area (Å²) in [5.74, 6) is 9.56. The quantitative estimate of drug-likeness (QED) is 0.0175. The fourth-order valence-corrected chi connectivity index (χ4v) is 14.5. The molecule has 12 rings (SSSR count). The summed E-state index contributed by atoms with van der Waals surface area (Å²) in [6.07, 6.45) is 2.74. The maximum atomic E-state index is 12.5. The van der Waals surface area contributed by atoms with Crippen LogP contribution in [0.2, 0.25) is 0 Å². The van der Waals surface area contributed by atoms with Gasteiger partial charge in [0.1, 0.15) is 134 Å². The lowest BCUT2D eigenvalue weighted by molar-refractivity contribution is 0.0866. The van der Waals surface area contributed by atoms with Crippen molar-refractivity contribution < 1.29 is 76.6 Å². The van der Waals surface area contributed by atoms with Gasteiger partial charge in [0.15, 0.2) is 0 Å². The lowest BCUT2D eigenvalue weighted by Gasteiger charge is -2.27. The van der Waals surface area contributed by atoms with Crippen LogP contribution in [0.1, 0.15) is 150 Å². The molecule has 0 aliphatic carbocycles. The molecule has 0 aliphatic rings. The van der Waals surface area contributed by atoms with Crippen LogP contribution in [0.3, 0.4) is 0 Å². The largest absolute Gasteiger partial charge is 0.493 e. The number of aliphatic hydroxyl groups is 5.